The number of hydrogen-bond donors (Lipinski definition) is 1. The van der Waals surface area contributed by atoms with Gasteiger partial charge in [-0.05, 0) is 50.5 Å². The van der Waals surface area contributed by atoms with Gasteiger partial charge in [-0.15, -0.1) is 0 Å². The molecule has 1 aromatic carbocycles. The number of nitrogens with one attached hydrogen (secondary N) is 1. The van der Waals surface area contributed by atoms with E-state index in [1.165, 1.54) is 0 Å². The minimum Gasteiger partial charge on any atom is -0.464 e. The average molecular weight is 331 g/mol. The molecule has 5 heteroatoms. The molecule has 24 heavy (non-hydrogen) atoms. The molecule has 2 aromatic rings. The summed E-state index contributed by atoms with van der Waals surface area (Å²) in [7, 11) is 0. The minimum absolute atomic E-state index is 0.0882. The van der Waals surface area contributed by atoms with Gasteiger partial charge in [-0.25, -0.2) is 0 Å². The van der Waals surface area contributed by atoms with Crippen molar-refractivity contribution in [2.24, 2.45) is 0 Å². The van der Waals surface area contributed by atoms with Crippen LogP contribution in [0, 0.1) is 13.8 Å². The molecule has 5 nitrogen and oxygen atoms in total. The monoisotopic (exact) mass is 331 g/mol. The topological polar surface area (TPSA) is 68.5 Å². The van der Waals surface area contributed by atoms with Gasteiger partial charge in [-0.1, -0.05) is 13.3 Å². The summed E-state index contributed by atoms with van der Waals surface area (Å²) >= 11 is 0. The minimum atomic E-state index is -0.436. The Morgan fingerprint density at radius 2 is 1.96 bits per heavy atom. The maximum atomic E-state index is 12.0. The molecule has 0 spiro atoms. The Morgan fingerprint density at radius 3 is 2.67 bits per heavy atom. The third kappa shape index (κ3) is 4.60. The summed E-state index contributed by atoms with van der Waals surface area (Å²) in [6.07, 6.45) is 3.56. The van der Waals surface area contributed by atoms with Gasteiger partial charge < -0.3 is 14.5 Å². The van der Waals surface area contributed by atoms with Gasteiger partial charge in [0.15, 0.2) is 6.61 Å². The molecule has 0 unspecified atom stereocenters. The number of fused-ring (bicyclic) bond motifs is 1. The third-order valence-electron chi connectivity index (χ3n) is 4.10. The van der Waals surface area contributed by atoms with Crippen LogP contribution >= 0.6 is 0 Å². The van der Waals surface area contributed by atoms with E-state index in [-0.39, 0.29) is 25.0 Å². The first-order chi connectivity index (χ1) is 11.4. The maximum Gasteiger partial charge on any atom is 0.310 e. The van der Waals surface area contributed by atoms with E-state index in [0.29, 0.717) is 0 Å². The second-order valence-electron chi connectivity index (χ2n) is 6.29. The van der Waals surface area contributed by atoms with Crippen molar-refractivity contribution >= 4 is 22.8 Å². The first kappa shape index (κ1) is 18.0. The van der Waals surface area contributed by atoms with Crippen LogP contribution in [-0.2, 0) is 20.7 Å². The molecule has 1 aromatic heterocycles. The zero-order chi connectivity index (χ0) is 17.7. The Labute approximate surface area is 142 Å². The van der Waals surface area contributed by atoms with Crippen molar-refractivity contribution in [3.63, 3.8) is 0 Å². The summed E-state index contributed by atoms with van der Waals surface area (Å²) in [6.45, 7) is 7.78. The van der Waals surface area contributed by atoms with Gasteiger partial charge in [0.1, 0.15) is 5.58 Å². The highest BCUT2D eigenvalue weighted by Crippen LogP contribution is 2.25. The number of esters is 1. The first-order valence-electron chi connectivity index (χ1n) is 8.33. The normalized spacial score (nSPS) is 12.2. The van der Waals surface area contributed by atoms with Crippen LogP contribution in [0.3, 0.4) is 0 Å². The van der Waals surface area contributed by atoms with Gasteiger partial charge in [0, 0.05) is 17.0 Å². The van der Waals surface area contributed by atoms with Gasteiger partial charge in [0.2, 0.25) is 0 Å². The summed E-state index contributed by atoms with van der Waals surface area (Å²) < 4.78 is 10.6. The number of hydrogen-bond acceptors (Lipinski definition) is 4. The highest BCUT2D eigenvalue weighted by molar-refractivity contribution is 5.87. The Hall–Kier alpha value is -2.30. The second-order valence-corrected chi connectivity index (χ2v) is 6.29. The van der Waals surface area contributed by atoms with E-state index in [4.69, 9.17) is 9.15 Å². The predicted molar refractivity (Wildman–Crippen MR) is 92.9 cm³/mol. The van der Waals surface area contributed by atoms with Crippen molar-refractivity contribution in [1.82, 2.24) is 5.32 Å². The van der Waals surface area contributed by atoms with Crippen LogP contribution in [0.2, 0.25) is 0 Å². The lowest BCUT2D eigenvalue weighted by Gasteiger charge is -2.12. The van der Waals surface area contributed by atoms with Gasteiger partial charge >= 0.3 is 5.97 Å². The van der Waals surface area contributed by atoms with Gasteiger partial charge in [0.05, 0.1) is 12.7 Å². The quantitative estimate of drug-likeness (QED) is 0.789. The molecule has 1 N–H and O–H groups in total. The smallest absolute Gasteiger partial charge is 0.310 e. The van der Waals surface area contributed by atoms with E-state index in [9.17, 15) is 9.59 Å². The summed E-state index contributed by atoms with van der Waals surface area (Å²) in [5, 5.41) is 3.72. The molecular formula is C19H25NO4. The summed E-state index contributed by atoms with van der Waals surface area (Å²) in [5.41, 5.74) is 3.82. The van der Waals surface area contributed by atoms with Crippen LogP contribution in [0.15, 0.2) is 22.8 Å². The van der Waals surface area contributed by atoms with Crippen molar-refractivity contribution in [2.45, 2.75) is 53.0 Å². The highest BCUT2D eigenvalue weighted by Gasteiger charge is 2.14. The van der Waals surface area contributed by atoms with E-state index in [1.807, 2.05) is 32.9 Å². The molecular weight excluding hydrogens is 306 g/mol. The first-order valence-corrected chi connectivity index (χ1v) is 8.33. The zero-order valence-electron chi connectivity index (χ0n) is 14.8. The summed E-state index contributed by atoms with van der Waals surface area (Å²) in [4.78, 5) is 23.7. The lowest BCUT2D eigenvalue weighted by Crippen LogP contribution is -2.35. The van der Waals surface area contributed by atoms with Crippen molar-refractivity contribution in [1.29, 1.82) is 0 Å². The number of benzene rings is 1. The third-order valence-corrected chi connectivity index (χ3v) is 4.10. The number of carbonyl (C=O) groups excluding carboxylic acids is 2. The number of rotatable bonds is 7. The lowest BCUT2D eigenvalue weighted by atomic mass is 10.0. The second kappa shape index (κ2) is 7.99. The van der Waals surface area contributed by atoms with Crippen molar-refractivity contribution in [3.8, 4) is 0 Å². The van der Waals surface area contributed by atoms with Gasteiger partial charge in [0.25, 0.3) is 5.91 Å². The molecule has 0 aliphatic rings. The molecule has 130 valence electrons. The predicted octanol–water partition coefficient (Wildman–Crippen LogP) is 3.44. The summed E-state index contributed by atoms with van der Waals surface area (Å²) in [5.74, 6) is -0.706. The van der Waals surface area contributed by atoms with E-state index in [0.717, 1.165) is 40.5 Å². The molecule has 0 aliphatic heterocycles. The molecule has 1 heterocycles. The fourth-order valence-corrected chi connectivity index (χ4v) is 2.65. The molecule has 1 atom stereocenters. The largest absolute Gasteiger partial charge is 0.464 e. The molecule has 0 fully saturated rings. The Balaban J connectivity index is 1.91. The molecule has 0 saturated heterocycles. The van der Waals surface area contributed by atoms with Crippen LogP contribution in [0.4, 0.5) is 0 Å². The molecule has 0 bridgehead atoms. The van der Waals surface area contributed by atoms with Crippen LogP contribution in [0.25, 0.3) is 11.0 Å². The number of amides is 1. The Kier molecular flexibility index (Phi) is 6.01. The molecule has 0 aliphatic carbocycles. The highest BCUT2D eigenvalue weighted by atomic mass is 16.5. The zero-order valence-corrected chi connectivity index (χ0v) is 14.8. The number of ether oxygens (including phenoxy) is 1. The summed E-state index contributed by atoms with van der Waals surface area (Å²) in [6, 6.07) is 4.06. The molecule has 2 rings (SSSR count). The van der Waals surface area contributed by atoms with Gasteiger partial charge in [-0.3, -0.25) is 9.59 Å². The van der Waals surface area contributed by atoms with Crippen LogP contribution in [0.1, 0.15) is 43.4 Å². The molecule has 1 amide bonds. The lowest BCUT2D eigenvalue weighted by molar-refractivity contribution is -0.148. The Bertz CT molecular complexity index is 732. The fourth-order valence-electron chi connectivity index (χ4n) is 2.65. The molecule has 0 radical (unpaired) electrons. The number of furan rings is 1. The average Bonchev–Trinajstić information content (AvgIpc) is 2.88. The SMILES string of the molecule is CCC[C@@H](C)NC(=O)COC(=O)Cc1coc2cc(C)c(C)cc12. The number of aryl methyl sites for hydroxylation is 2. The van der Waals surface area contributed by atoms with Gasteiger partial charge in [-0.2, -0.15) is 0 Å². The van der Waals surface area contributed by atoms with Crippen LogP contribution in [0.5, 0.6) is 0 Å². The van der Waals surface area contributed by atoms with Crippen molar-refractivity contribution in [2.75, 3.05) is 6.61 Å². The fraction of sp³-hybridized carbons (Fsp3) is 0.474. The Morgan fingerprint density at radius 1 is 1.25 bits per heavy atom. The maximum absolute atomic E-state index is 12.0. The molecule has 0 saturated carbocycles. The van der Waals surface area contributed by atoms with E-state index in [1.54, 1.807) is 6.26 Å². The number of carbonyl (C=O) groups is 2. The van der Waals surface area contributed by atoms with E-state index < -0.39 is 5.97 Å². The van der Waals surface area contributed by atoms with E-state index >= 15 is 0 Å². The van der Waals surface area contributed by atoms with Crippen molar-refractivity contribution in [3.05, 3.63) is 35.1 Å². The van der Waals surface area contributed by atoms with Crippen molar-refractivity contribution < 1.29 is 18.7 Å². The van der Waals surface area contributed by atoms with Crippen LogP contribution < -0.4 is 5.32 Å². The van der Waals surface area contributed by atoms with E-state index in [2.05, 4.69) is 12.2 Å². The standard InChI is InChI=1S/C19H25NO4/c1-5-6-14(4)20-18(21)11-24-19(22)9-15-10-23-17-8-13(3)12(2)7-16(15)17/h7-8,10,14H,5-6,9,11H2,1-4H3,(H,20,21)/t14-/m1/s1. The van der Waals surface area contributed by atoms with Crippen LogP contribution in [-0.4, -0.2) is 24.5 Å².